The van der Waals surface area contributed by atoms with Crippen LogP contribution in [0.5, 0.6) is 0 Å². The van der Waals surface area contributed by atoms with Gasteiger partial charge in [0.15, 0.2) is 5.60 Å². The first-order valence-electron chi connectivity index (χ1n) is 3.17. The van der Waals surface area contributed by atoms with Crippen LogP contribution >= 0.6 is 53.4 Å². The predicted molar refractivity (Wildman–Crippen MR) is 106 cm³/mol. The number of hydrogen-bond donors (Lipinski definition) is 4. The first kappa shape index (κ1) is 56.2. The van der Waals surface area contributed by atoms with Gasteiger partial charge in [0.1, 0.15) is 0 Å². The van der Waals surface area contributed by atoms with Crippen molar-refractivity contribution in [2.24, 2.45) is 0 Å². The minimum absolute atomic E-state index is 0. The van der Waals surface area contributed by atoms with E-state index in [9.17, 15) is 14.4 Å². The van der Waals surface area contributed by atoms with E-state index in [4.69, 9.17) is 20.4 Å². The molecule has 0 aromatic heterocycles. The SMILES string of the molecule is Br.Cl.I.O=C(O)CC(O)(CC(=O)O)C(=O)O.[NaH].[NaH].[NaH].[NaH].[NaH]. The molecule has 108 valence electrons. The second-order valence-corrected chi connectivity index (χ2v) is 2.48. The maximum absolute atomic E-state index is 10.3. The first-order valence-corrected chi connectivity index (χ1v) is 3.17. The second-order valence-electron chi connectivity index (χ2n) is 2.48. The Kier molecular flexibility index (Phi) is 79.3. The topological polar surface area (TPSA) is 132 Å². The van der Waals surface area contributed by atoms with Crippen molar-refractivity contribution in [1.29, 1.82) is 0 Å². The molecule has 0 heterocycles. The average Bonchev–Trinajstić information content (AvgIpc) is 1.82. The van der Waals surface area contributed by atoms with Crippen molar-refractivity contribution < 1.29 is 34.8 Å². The molecular formula is C6H16BrClINa5O7. The van der Waals surface area contributed by atoms with E-state index in [-0.39, 0.29) is 201 Å². The van der Waals surface area contributed by atoms with Crippen LogP contribution in [0.3, 0.4) is 0 Å². The van der Waals surface area contributed by atoms with Crippen LogP contribution in [0.2, 0.25) is 0 Å². The molecule has 0 aromatic carbocycles. The molecule has 0 radical (unpaired) electrons. The van der Waals surface area contributed by atoms with E-state index >= 15 is 0 Å². The molecule has 0 aliphatic carbocycles. The van der Waals surface area contributed by atoms with E-state index in [1.165, 1.54) is 0 Å². The third-order valence-electron chi connectivity index (χ3n) is 1.29. The number of aliphatic hydroxyl groups is 1. The number of aliphatic carboxylic acids is 3. The number of carboxylic acids is 3. The van der Waals surface area contributed by atoms with Gasteiger partial charge in [0, 0.05) is 0 Å². The third-order valence-corrected chi connectivity index (χ3v) is 1.29. The Bertz CT molecular complexity index is 260. The molecule has 4 N–H and O–H groups in total. The normalized spacial score (nSPS) is 6.71. The van der Waals surface area contributed by atoms with Gasteiger partial charge in [-0.05, 0) is 0 Å². The van der Waals surface area contributed by atoms with Gasteiger partial charge in [0.05, 0.1) is 12.8 Å². The molecule has 0 fully saturated rings. The molecule has 0 aliphatic rings. The average molecular weight is 557 g/mol. The Morgan fingerprint density at radius 3 is 1.05 bits per heavy atom. The standard InChI is InChI=1S/C6H8O7.BrH.ClH.HI.5Na.5H/c7-3(8)1-6(13,5(11)12)2-4(9)10;;;;;;;;;;;;;/h13H,1-2H2,(H,7,8)(H,9,10)(H,11,12);3*1H;;;;;;;;;;. The Morgan fingerprint density at radius 1 is 0.762 bits per heavy atom. The predicted octanol–water partition coefficient (Wildman–Crippen LogP) is -2.87. The Balaban J connectivity index is -0.0000000257. The second kappa shape index (κ2) is 29.6. The van der Waals surface area contributed by atoms with Gasteiger partial charge in [0.25, 0.3) is 0 Å². The molecule has 0 bridgehead atoms. The third kappa shape index (κ3) is 29.9. The van der Waals surface area contributed by atoms with Crippen molar-refractivity contribution in [1.82, 2.24) is 0 Å². The van der Waals surface area contributed by atoms with Gasteiger partial charge < -0.3 is 20.4 Å². The van der Waals surface area contributed by atoms with Crippen LogP contribution in [-0.2, 0) is 14.4 Å². The van der Waals surface area contributed by atoms with E-state index in [1.807, 2.05) is 0 Å². The van der Waals surface area contributed by atoms with Crippen LogP contribution in [0.1, 0.15) is 12.8 Å². The summed E-state index contributed by atoms with van der Waals surface area (Å²) in [4.78, 5) is 30.5. The molecule has 0 amide bonds. The molecular weight excluding hydrogens is 541 g/mol. The fraction of sp³-hybridized carbons (Fsp3) is 0.500. The summed E-state index contributed by atoms with van der Waals surface area (Å²) < 4.78 is 0. The Labute approximate surface area is 266 Å². The number of carboxylic acid groups (broad SMARTS) is 3. The first-order chi connectivity index (χ1) is 5.78. The van der Waals surface area contributed by atoms with Crippen molar-refractivity contribution in [3.05, 3.63) is 0 Å². The summed E-state index contributed by atoms with van der Waals surface area (Å²) in [7, 11) is 0. The van der Waals surface area contributed by atoms with Crippen molar-refractivity contribution in [3.8, 4) is 0 Å². The molecule has 0 aromatic rings. The van der Waals surface area contributed by atoms with Gasteiger partial charge in [-0.15, -0.1) is 53.4 Å². The Hall–Kier alpha value is 4.87. The zero-order valence-corrected chi connectivity index (χ0v) is 12.5. The van der Waals surface area contributed by atoms with E-state index in [2.05, 4.69) is 0 Å². The van der Waals surface area contributed by atoms with Gasteiger partial charge >= 0.3 is 166 Å². The van der Waals surface area contributed by atoms with Crippen LogP contribution in [0.15, 0.2) is 0 Å². The summed E-state index contributed by atoms with van der Waals surface area (Å²) in [5, 5.41) is 33.8. The van der Waals surface area contributed by atoms with E-state index < -0.39 is 36.4 Å². The van der Waals surface area contributed by atoms with Crippen molar-refractivity contribution in [2.75, 3.05) is 0 Å². The van der Waals surface area contributed by atoms with E-state index in [1.54, 1.807) is 0 Å². The van der Waals surface area contributed by atoms with Crippen LogP contribution in [0, 0.1) is 0 Å². The molecule has 0 atom stereocenters. The number of carbonyl (C=O) groups is 3. The monoisotopic (exact) mass is 556 g/mol. The Morgan fingerprint density at radius 2 is 0.952 bits per heavy atom. The van der Waals surface area contributed by atoms with Crippen LogP contribution in [0.4, 0.5) is 0 Å². The number of halogens is 3. The van der Waals surface area contributed by atoms with E-state index in [0.717, 1.165) is 0 Å². The summed E-state index contributed by atoms with van der Waals surface area (Å²) >= 11 is 0. The van der Waals surface area contributed by atoms with Crippen LogP contribution in [0.25, 0.3) is 0 Å². The van der Waals surface area contributed by atoms with Crippen molar-refractivity contribution in [3.63, 3.8) is 0 Å². The summed E-state index contributed by atoms with van der Waals surface area (Å²) in [5.74, 6) is -5.02. The molecule has 0 saturated carbocycles. The molecule has 0 saturated heterocycles. The fourth-order valence-electron chi connectivity index (χ4n) is 0.714. The quantitative estimate of drug-likeness (QED) is 0.211. The van der Waals surface area contributed by atoms with Crippen LogP contribution < -0.4 is 0 Å². The molecule has 21 heavy (non-hydrogen) atoms. The van der Waals surface area contributed by atoms with Gasteiger partial charge in [-0.2, -0.15) is 0 Å². The van der Waals surface area contributed by atoms with Crippen LogP contribution in [-0.4, -0.2) is 192 Å². The fourth-order valence-corrected chi connectivity index (χ4v) is 0.714. The van der Waals surface area contributed by atoms with E-state index in [0.29, 0.717) is 0 Å². The molecule has 15 heteroatoms. The molecule has 0 rings (SSSR count). The molecule has 0 aliphatic heterocycles. The molecule has 7 nitrogen and oxygen atoms in total. The summed E-state index contributed by atoms with van der Waals surface area (Å²) in [5.41, 5.74) is -2.74. The van der Waals surface area contributed by atoms with Crippen molar-refractivity contribution >= 4 is 219 Å². The zero-order valence-electron chi connectivity index (χ0n) is 7.65. The van der Waals surface area contributed by atoms with Gasteiger partial charge in [-0.1, -0.05) is 0 Å². The molecule has 0 spiro atoms. The van der Waals surface area contributed by atoms with Crippen molar-refractivity contribution in [2.45, 2.75) is 18.4 Å². The zero-order chi connectivity index (χ0) is 10.6. The summed E-state index contributed by atoms with van der Waals surface area (Å²) in [6, 6.07) is 0. The summed E-state index contributed by atoms with van der Waals surface area (Å²) in [6.45, 7) is 0. The molecule has 0 unspecified atom stereocenters. The number of rotatable bonds is 5. The summed E-state index contributed by atoms with van der Waals surface area (Å²) in [6.07, 6.45) is -2.29. The maximum atomic E-state index is 10.3. The minimum atomic E-state index is -2.74. The van der Waals surface area contributed by atoms with Gasteiger partial charge in [0.2, 0.25) is 0 Å². The van der Waals surface area contributed by atoms with Gasteiger partial charge in [-0.25, -0.2) is 4.79 Å². The van der Waals surface area contributed by atoms with Gasteiger partial charge in [-0.3, -0.25) is 9.59 Å². The number of hydrogen-bond acceptors (Lipinski definition) is 4.